The molecule has 6 heteroatoms. The molecule has 80 valence electrons. The first-order valence-electron chi connectivity index (χ1n) is 4.56. The summed E-state index contributed by atoms with van der Waals surface area (Å²) in [6.45, 7) is 3.99. The lowest BCUT2D eigenvalue weighted by Gasteiger charge is -2.13. The van der Waals surface area contributed by atoms with Gasteiger partial charge in [0.05, 0.1) is 0 Å². The molecule has 2 rings (SSSR count). The van der Waals surface area contributed by atoms with Gasteiger partial charge in [-0.1, -0.05) is 13.8 Å². The van der Waals surface area contributed by atoms with Crippen LogP contribution in [0.4, 0.5) is 11.5 Å². The van der Waals surface area contributed by atoms with Crippen molar-refractivity contribution in [2.45, 2.75) is 19.8 Å². The summed E-state index contributed by atoms with van der Waals surface area (Å²) in [6, 6.07) is 3.61. The largest absolute Gasteiger partial charge is 0.273 e. The molecule has 0 saturated heterocycles. The Labute approximate surface area is 88.3 Å². The van der Waals surface area contributed by atoms with Gasteiger partial charge in [-0.25, -0.2) is 18.4 Å². The molecule has 2 heterocycles. The van der Waals surface area contributed by atoms with Gasteiger partial charge in [-0.3, -0.25) is 4.72 Å². The topological polar surface area (TPSA) is 71.4 Å². The first kappa shape index (κ1) is 10.1. The van der Waals surface area contributed by atoms with Crippen LogP contribution in [0.3, 0.4) is 0 Å². The number of hydrogen-bond donors (Lipinski definition) is 1. The summed E-state index contributed by atoms with van der Waals surface area (Å²) in [6.07, 6.45) is 0. The average molecular weight is 225 g/mol. The molecule has 0 saturated carbocycles. The molecular weight excluding hydrogens is 214 g/mol. The molecule has 15 heavy (non-hydrogen) atoms. The Hall–Kier alpha value is -1.43. The van der Waals surface area contributed by atoms with E-state index in [0.717, 1.165) is 11.2 Å². The molecule has 1 aromatic heterocycles. The van der Waals surface area contributed by atoms with Crippen molar-refractivity contribution >= 4 is 27.1 Å². The maximum Gasteiger partial charge on any atom is 0.273 e. The second-order valence-corrected chi connectivity index (χ2v) is 5.15. The lowest BCUT2D eigenvalue weighted by atomic mass is 10.1. The van der Waals surface area contributed by atoms with Crippen LogP contribution in [0.5, 0.6) is 0 Å². The molecule has 0 spiro atoms. The molecule has 0 aliphatic carbocycles. The van der Waals surface area contributed by atoms with Crippen molar-refractivity contribution in [3.05, 3.63) is 17.8 Å². The van der Waals surface area contributed by atoms with Crippen molar-refractivity contribution in [2.24, 2.45) is 4.99 Å². The van der Waals surface area contributed by atoms with Crippen molar-refractivity contribution in [3.8, 4) is 0 Å². The summed E-state index contributed by atoms with van der Waals surface area (Å²) in [5.74, 6) is 0.564. The van der Waals surface area contributed by atoms with Gasteiger partial charge in [0.15, 0.2) is 5.82 Å². The SMILES string of the molecule is CC(C)c1ccc2c(n1)NS(=O)(=O)C=N2. The van der Waals surface area contributed by atoms with Gasteiger partial charge in [-0.05, 0) is 18.1 Å². The normalized spacial score (nSPS) is 17.3. The molecule has 0 bridgehead atoms. The van der Waals surface area contributed by atoms with Crippen LogP contribution in [0.25, 0.3) is 0 Å². The quantitative estimate of drug-likeness (QED) is 0.789. The zero-order valence-electron chi connectivity index (χ0n) is 8.43. The first-order chi connectivity index (χ1) is 6.98. The smallest absolute Gasteiger partial charge is 0.261 e. The zero-order valence-corrected chi connectivity index (χ0v) is 9.25. The van der Waals surface area contributed by atoms with E-state index < -0.39 is 10.0 Å². The fourth-order valence-corrected chi connectivity index (χ4v) is 1.98. The van der Waals surface area contributed by atoms with E-state index in [-0.39, 0.29) is 5.92 Å². The Balaban J connectivity index is 2.51. The Morgan fingerprint density at radius 1 is 1.33 bits per heavy atom. The first-order valence-corrected chi connectivity index (χ1v) is 6.10. The maximum absolute atomic E-state index is 11.2. The number of sulfonamides is 1. The van der Waals surface area contributed by atoms with Gasteiger partial charge < -0.3 is 0 Å². The van der Waals surface area contributed by atoms with Gasteiger partial charge in [0.1, 0.15) is 11.2 Å². The van der Waals surface area contributed by atoms with E-state index in [1.165, 1.54) is 0 Å². The van der Waals surface area contributed by atoms with Crippen LogP contribution in [0.1, 0.15) is 25.5 Å². The molecule has 1 aromatic rings. The van der Waals surface area contributed by atoms with Gasteiger partial charge in [0.25, 0.3) is 10.0 Å². The second-order valence-electron chi connectivity index (χ2n) is 3.64. The van der Waals surface area contributed by atoms with Gasteiger partial charge in [0.2, 0.25) is 0 Å². The predicted octanol–water partition coefficient (Wildman–Crippen LogP) is 1.62. The van der Waals surface area contributed by atoms with E-state index in [1.807, 2.05) is 19.9 Å². The lowest BCUT2D eigenvalue weighted by Crippen LogP contribution is -2.18. The third-order valence-corrected chi connectivity index (χ3v) is 2.92. The Kier molecular flexibility index (Phi) is 2.22. The van der Waals surface area contributed by atoms with Gasteiger partial charge in [0, 0.05) is 5.69 Å². The second kappa shape index (κ2) is 3.30. The van der Waals surface area contributed by atoms with Crippen molar-refractivity contribution in [3.63, 3.8) is 0 Å². The Bertz CT molecular complexity index is 520. The van der Waals surface area contributed by atoms with Gasteiger partial charge in [-0.2, -0.15) is 0 Å². The monoisotopic (exact) mass is 225 g/mol. The molecule has 0 fully saturated rings. The van der Waals surface area contributed by atoms with E-state index in [9.17, 15) is 8.42 Å². The summed E-state index contributed by atoms with van der Waals surface area (Å²) in [4.78, 5) is 8.01. The summed E-state index contributed by atoms with van der Waals surface area (Å²) in [5.41, 5.74) is 2.29. The van der Waals surface area contributed by atoms with Crippen LogP contribution in [0.2, 0.25) is 0 Å². The van der Waals surface area contributed by atoms with Crippen LogP contribution in [-0.2, 0) is 10.0 Å². The number of aliphatic imine (C=N–C) groups is 1. The van der Waals surface area contributed by atoms with E-state index in [1.54, 1.807) is 6.07 Å². The molecular formula is C9H11N3O2S. The van der Waals surface area contributed by atoms with Crippen LogP contribution in [0, 0.1) is 0 Å². The number of nitrogens with zero attached hydrogens (tertiary/aromatic N) is 2. The summed E-state index contributed by atoms with van der Waals surface area (Å²) in [7, 11) is -3.44. The minimum atomic E-state index is -3.44. The lowest BCUT2D eigenvalue weighted by molar-refractivity contribution is 0.612. The number of hydrogen-bond acceptors (Lipinski definition) is 4. The van der Waals surface area contributed by atoms with E-state index >= 15 is 0 Å². The number of rotatable bonds is 1. The predicted molar refractivity (Wildman–Crippen MR) is 59.0 cm³/mol. The highest BCUT2D eigenvalue weighted by atomic mass is 32.2. The molecule has 0 aromatic carbocycles. The third kappa shape index (κ3) is 1.99. The summed E-state index contributed by atoms with van der Waals surface area (Å²) >= 11 is 0. The van der Waals surface area contributed by atoms with Gasteiger partial charge >= 0.3 is 0 Å². The number of pyridine rings is 1. The van der Waals surface area contributed by atoms with Crippen LogP contribution < -0.4 is 4.72 Å². The van der Waals surface area contributed by atoms with Crippen molar-refractivity contribution in [1.29, 1.82) is 0 Å². The molecule has 0 amide bonds. The summed E-state index contributed by atoms with van der Waals surface area (Å²) < 4.78 is 24.7. The molecule has 0 radical (unpaired) electrons. The number of nitrogens with one attached hydrogen (secondary N) is 1. The molecule has 1 N–H and O–H groups in total. The minimum absolute atomic E-state index is 0.255. The number of fused-ring (bicyclic) bond motifs is 1. The Morgan fingerprint density at radius 2 is 2.07 bits per heavy atom. The zero-order chi connectivity index (χ0) is 11.1. The number of anilines is 1. The highest BCUT2D eigenvalue weighted by Crippen LogP contribution is 2.28. The van der Waals surface area contributed by atoms with Crippen LogP contribution in [0.15, 0.2) is 17.1 Å². The van der Waals surface area contributed by atoms with Crippen LogP contribution in [-0.4, -0.2) is 18.9 Å². The summed E-state index contributed by atoms with van der Waals surface area (Å²) in [5, 5.41) is 0. The molecule has 1 aliphatic heterocycles. The third-order valence-electron chi connectivity index (χ3n) is 2.06. The van der Waals surface area contributed by atoms with E-state index in [2.05, 4.69) is 14.7 Å². The van der Waals surface area contributed by atoms with Crippen molar-refractivity contribution in [1.82, 2.24) is 4.98 Å². The Morgan fingerprint density at radius 3 is 2.73 bits per heavy atom. The minimum Gasteiger partial charge on any atom is -0.261 e. The molecule has 0 atom stereocenters. The van der Waals surface area contributed by atoms with Crippen LogP contribution >= 0.6 is 0 Å². The van der Waals surface area contributed by atoms with E-state index in [0.29, 0.717) is 11.5 Å². The maximum atomic E-state index is 11.2. The standard InChI is InChI=1S/C9H11N3O2S/c1-6(2)7-3-4-8-9(11-7)12-15(13,14)5-10-8/h3-6H,1-2H3,(H,11,12). The highest BCUT2D eigenvalue weighted by molar-refractivity contribution is 8.05. The molecule has 0 unspecified atom stereocenters. The highest BCUT2D eigenvalue weighted by Gasteiger charge is 2.17. The fourth-order valence-electron chi connectivity index (χ4n) is 1.25. The average Bonchev–Trinajstić information content (AvgIpc) is 2.15. The molecule has 1 aliphatic rings. The van der Waals surface area contributed by atoms with Crippen molar-refractivity contribution in [2.75, 3.05) is 4.72 Å². The van der Waals surface area contributed by atoms with Gasteiger partial charge in [-0.15, -0.1) is 0 Å². The van der Waals surface area contributed by atoms with E-state index in [4.69, 9.17) is 0 Å². The number of aromatic nitrogens is 1. The van der Waals surface area contributed by atoms with Crippen molar-refractivity contribution < 1.29 is 8.42 Å². The fraction of sp³-hybridized carbons (Fsp3) is 0.333. The molecule has 5 nitrogen and oxygen atoms in total.